The Kier molecular flexibility index (Phi) is 4.88. The van der Waals surface area contributed by atoms with Crippen LogP contribution in [-0.2, 0) is 18.3 Å². The molecule has 26 heavy (non-hydrogen) atoms. The van der Waals surface area contributed by atoms with Crippen molar-refractivity contribution >= 4 is 22.6 Å². The fourth-order valence-corrected chi connectivity index (χ4v) is 2.89. The van der Waals surface area contributed by atoms with Gasteiger partial charge in [0.15, 0.2) is 0 Å². The maximum atomic E-state index is 14.0. The van der Waals surface area contributed by atoms with Crippen LogP contribution in [0.1, 0.15) is 34.1 Å². The normalized spacial score (nSPS) is 11.0. The van der Waals surface area contributed by atoms with Gasteiger partial charge in [0.1, 0.15) is 11.4 Å². The van der Waals surface area contributed by atoms with Gasteiger partial charge in [0.2, 0.25) is 0 Å². The molecule has 0 unspecified atom stereocenters. The lowest BCUT2D eigenvalue weighted by Crippen LogP contribution is -2.12. The van der Waals surface area contributed by atoms with E-state index in [9.17, 15) is 9.18 Å². The first kappa shape index (κ1) is 17.8. The van der Waals surface area contributed by atoms with Crippen molar-refractivity contribution in [3.8, 4) is 0 Å². The van der Waals surface area contributed by atoms with E-state index < -0.39 is 5.97 Å². The maximum absolute atomic E-state index is 14.0. The number of halogens is 1. The quantitative estimate of drug-likeness (QED) is 0.709. The number of esters is 1. The molecular weight excluding hydrogens is 335 g/mol. The molecule has 0 fully saturated rings. The predicted molar refractivity (Wildman–Crippen MR) is 97.7 cm³/mol. The molecule has 6 nitrogen and oxygen atoms in total. The van der Waals surface area contributed by atoms with Gasteiger partial charge >= 0.3 is 5.97 Å². The first-order valence-corrected chi connectivity index (χ1v) is 8.39. The molecule has 3 aromatic rings. The molecular formula is C19H21FN4O2. The molecule has 0 amide bonds. The van der Waals surface area contributed by atoms with E-state index in [1.165, 1.54) is 18.3 Å². The summed E-state index contributed by atoms with van der Waals surface area (Å²) >= 11 is 0. The minimum Gasteiger partial charge on any atom is -0.462 e. The van der Waals surface area contributed by atoms with Crippen LogP contribution in [0.5, 0.6) is 0 Å². The van der Waals surface area contributed by atoms with E-state index in [1.54, 1.807) is 24.7 Å². The first-order valence-electron chi connectivity index (χ1n) is 8.39. The summed E-state index contributed by atoms with van der Waals surface area (Å²) < 4.78 is 20.9. The van der Waals surface area contributed by atoms with Gasteiger partial charge in [-0.25, -0.2) is 9.18 Å². The Morgan fingerprint density at radius 1 is 1.31 bits per heavy atom. The van der Waals surface area contributed by atoms with Gasteiger partial charge in [0.25, 0.3) is 0 Å². The highest BCUT2D eigenvalue weighted by molar-refractivity contribution is 6.05. The SMILES string of the molecule is CCOC(=O)c1cnc2c(C)cc(F)cc2c1NCc1cnn(C)c1C. The van der Waals surface area contributed by atoms with Crippen LogP contribution < -0.4 is 5.32 Å². The van der Waals surface area contributed by atoms with Gasteiger partial charge in [-0.1, -0.05) is 0 Å². The van der Waals surface area contributed by atoms with Crippen molar-refractivity contribution in [1.29, 1.82) is 0 Å². The number of rotatable bonds is 5. The zero-order chi connectivity index (χ0) is 18.8. The second-order valence-corrected chi connectivity index (χ2v) is 6.12. The molecule has 0 radical (unpaired) electrons. The lowest BCUT2D eigenvalue weighted by Gasteiger charge is -2.15. The molecule has 0 aliphatic heterocycles. The Bertz CT molecular complexity index is 981. The van der Waals surface area contributed by atoms with E-state index in [1.807, 2.05) is 14.0 Å². The molecule has 0 aliphatic rings. The number of carbonyl (C=O) groups excluding carboxylic acids is 1. The summed E-state index contributed by atoms with van der Waals surface area (Å²) in [7, 11) is 1.86. The van der Waals surface area contributed by atoms with Gasteiger partial charge in [-0.2, -0.15) is 5.10 Å². The molecule has 3 rings (SSSR count). The number of carbonyl (C=O) groups is 1. The Balaban J connectivity index is 2.10. The number of anilines is 1. The second kappa shape index (κ2) is 7.11. The molecule has 0 bridgehead atoms. The van der Waals surface area contributed by atoms with Crippen molar-refractivity contribution in [1.82, 2.24) is 14.8 Å². The van der Waals surface area contributed by atoms with Gasteiger partial charge < -0.3 is 10.1 Å². The second-order valence-electron chi connectivity index (χ2n) is 6.12. The molecule has 0 saturated carbocycles. The van der Waals surface area contributed by atoms with Crippen LogP contribution in [0, 0.1) is 19.7 Å². The zero-order valence-electron chi connectivity index (χ0n) is 15.3. The summed E-state index contributed by atoms with van der Waals surface area (Å²) in [5, 5.41) is 8.03. The lowest BCUT2D eigenvalue weighted by molar-refractivity contribution is 0.0527. The minimum absolute atomic E-state index is 0.250. The number of aryl methyl sites for hydroxylation is 2. The number of nitrogens with one attached hydrogen (secondary N) is 1. The summed E-state index contributed by atoms with van der Waals surface area (Å²) in [6.07, 6.45) is 3.24. The highest BCUT2D eigenvalue weighted by Gasteiger charge is 2.18. The number of nitrogens with zero attached hydrogens (tertiary/aromatic N) is 3. The van der Waals surface area contributed by atoms with E-state index in [2.05, 4.69) is 15.4 Å². The van der Waals surface area contributed by atoms with Crippen LogP contribution in [0.15, 0.2) is 24.5 Å². The van der Waals surface area contributed by atoms with E-state index >= 15 is 0 Å². The summed E-state index contributed by atoms with van der Waals surface area (Å²) in [4.78, 5) is 16.7. The molecule has 0 saturated heterocycles. The van der Waals surface area contributed by atoms with E-state index in [0.29, 0.717) is 28.7 Å². The molecule has 0 aliphatic carbocycles. The zero-order valence-corrected chi connectivity index (χ0v) is 15.3. The first-order chi connectivity index (χ1) is 12.4. The number of pyridine rings is 1. The van der Waals surface area contributed by atoms with E-state index in [4.69, 9.17) is 4.74 Å². The lowest BCUT2D eigenvalue weighted by atomic mass is 10.1. The van der Waals surface area contributed by atoms with Crippen molar-refractivity contribution in [2.45, 2.75) is 27.3 Å². The molecule has 2 aromatic heterocycles. The van der Waals surface area contributed by atoms with Crippen molar-refractivity contribution in [2.24, 2.45) is 7.05 Å². The van der Waals surface area contributed by atoms with Crippen molar-refractivity contribution < 1.29 is 13.9 Å². The number of hydrogen-bond donors (Lipinski definition) is 1. The molecule has 136 valence electrons. The highest BCUT2D eigenvalue weighted by atomic mass is 19.1. The van der Waals surface area contributed by atoms with Crippen molar-refractivity contribution in [2.75, 3.05) is 11.9 Å². The van der Waals surface area contributed by atoms with Crippen LogP contribution in [0.2, 0.25) is 0 Å². The molecule has 0 spiro atoms. The van der Waals surface area contributed by atoms with Crippen LogP contribution in [0.3, 0.4) is 0 Å². The van der Waals surface area contributed by atoms with Crippen LogP contribution in [0.25, 0.3) is 10.9 Å². The van der Waals surface area contributed by atoms with Crippen LogP contribution in [0.4, 0.5) is 10.1 Å². The molecule has 0 atom stereocenters. The summed E-state index contributed by atoms with van der Waals surface area (Å²) in [5.74, 6) is -0.868. The predicted octanol–water partition coefficient (Wildman–Crippen LogP) is 3.51. The number of hydrogen-bond acceptors (Lipinski definition) is 5. The fourth-order valence-electron chi connectivity index (χ4n) is 2.89. The highest BCUT2D eigenvalue weighted by Crippen LogP contribution is 2.30. The van der Waals surface area contributed by atoms with Gasteiger partial charge in [-0.3, -0.25) is 9.67 Å². The van der Waals surface area contributed by atoms with Gasteiger partial charge in [-0.05, 0) is 38.5 Å². The summed E-state index contributed by atoms with van der Waals surface area (Å²) in [6.45, 7) is 6.19. The number of aromatic nitrogens is 3. The maximum Gasteiger partial charge on any atom is 0.341 e. The fraction of sp³-hybridized carbons (Fsp3) is 0.316. The van der Waals surface area contributed by atoms with E-state index in [0.717, 1.165) is 11.3 Å². The van der Waals surface area contributed by atoms with Crippen LogP contribution in [-0.4, -0.2) is 27.3 Å². The largest absolute Gasteiger partial charge is 0.462 e. The smallest absolute Gasteiger partial charge is 0.341 e. The monoisotopic (exact) mass is 356 g/mol. The van der Waals surface area contributed by atoms with Gasteiger partial charge in [0, 0.05) is 36.4 Å². The average Bonchev–Trinajstić information content (AvgIpc) is 2.91. The number of fused-ring (bicyclic) bond motifs is 1. The third kappa shape index (κ3) is 3.24. The third-order valence-corrected chi connectivity index (χ3v) is 4.41. The Morgan fingerprint density at radius 3 is 2.73 bits per heavy atom. The standard InChI is InChI=1S/C19H21FN4O2/c1-5-26-19(25)16-10-22-17-11(2)6-14(20)7-15(17)18(16)21-8-13-9-23-24(4)12(13)3/h6-7,9-10H,5,8H2,1-4H3,(H,21,22). The van der Waals surface area contributed by atoms with Gasteiger partial charge in [0.05, 0.1) is 24.0 Å². The minimum atomic E-state index is -0.491. The van der Waals surface area contributed by atoms with Crippen molar-refractivity contribution in [3.63, 3.8) is 0 Å². The van der Waals surface area contributed by atoms with Gasteiger partial charge in [-0.15, -0.1) is 0 Å². The van der Waals surface area contributed by atoms with Crippen molar-refractivity contribution in [3.05, 3.63) is 52.7 Å². The molecule has 1 aromatic carbocycles. The van der Waals surface area contributed by atoms with E-state index in [-0.39, 0.29) is 18.0 Å². The molecule has 7 heteroatoms. The molecule has 2 heterocycles. The summed E-state index contributed by atoms with van der Waals surface area (Å²) in [6, 6.07) is 2.81. The third-order valence-electron chi connectivity index (χ3n) is 4.41. The topological polar surface area (TPSA) is 69.0 Å². The Labute approximate surface area is 151 Å². The number of benzene rings is 1. The summed E-state index contributed by atoms with van der Waals surface area (Å²) in [5.41, 5.74) is 4.14. The molecule has 1 N–H and O–H groups in total. The number of ether oxygens (including phenoxy) is 1. The average molecular weight is 356 g/mol. The Hall–Kier alpha value is -2.96. The Morgan fingerprint density at radius 2 is 2.08 bits per heavy atom. The van der Waals surface area contributed by atoms with Crippen LogP contribution >= 0.6 is 0 Å².